The van der Waals surface area contributed by atoms with E-state index >= 15 is 0 Å². The largest absolute Gasteiger partial charge is 0.469 e. The van der Waals surface area contributed by atoms with Crippen LogP contribution in [0.3, 0.4) is 0 Å². The summed E-state index contributed by atoms with van der Waals surface area (Å²) in [6, 6.07) is 3.00. The molecular formula is C12H12N4O4. The first-order valence-electron chi connectivity index (χ1n) is 5.94. The molecule has 1 aromatic heterocycles. The Bertz CT molecular complexity index is 596. The lowest BCUT2D eigenvalue weighted by atomic mass is 10.1. The highest BCUT2D eigenvalue weighted by Crippen LogP contribution is 2.31. The van der Waals surface area contributed by atoms with Crippen LogP contribution in [0.25, 0.3) is 0 Å². The first-order chi connectivity index (χ1) is 9.56. The smallest absolute Gasteiger partial charge is 0.312 e. The van der Waals surface area contributed by atoms with Gasteiger partial charge in [-0.2, -0.15) is 5.26 Å². The lowest BCUT2D eigenvalue weighted by Gasteiger charge is -2.16. The van der Waals surface area contributed by atoms with Crippen molar-refractivity contribution in [1.82, 2.24) is 4.98 Å². The van der Waals surface area contributed by atoms with Gasteiger partial charge >= 0.3 is 11.7 Å². The molecule has 0 radical (unpaired) electrons. The average Bonchev–Trinajstić information content (AvgIpc) is 2.95. The van der Waals surface area contributed by atoms with Gasteiger partial charge in [0.1, 0.15) is 6.07 Å². The Kier molecular flexibility index (Phi) is 3.79. The number of anilines is 1. The summed E-state index contributed by atoms with van der Waals surface area (Å²) >= 11 is 0. The number of hydrogen-bond acceptors (Lipinski definition) is 7. The van der Waals surface area contributed by atoms with Crippen molar-refractivity contribution in [3.63, 3.8) is 0 Å². The molecule has 1 unspecified atom stereocenters. The highest BCUT2D eigenvalue weighted by molar-refractivity contribution is 5.74. The monoisotopic (exact) mass is 276 g/mol. The Labute approximate surface area is 114 Å². The molecule has 1 saturated heterocycles. The Morgan fingerprint density at radius 1 is 1.70 bits per heavy atom. The van der Waals surface area contributed by atoms with Gasteiger partial charge in [-0.25, -0.2) is 4.98 Å². The van der Waals surface area contributed by atoms with Crippen LogP contribution in [0.4, 0.5) is 11.5 Å². The molecule has 1 fully saturated rings. The number of pyridine rings is 1. The second-order valence-electron chi connectivity index (χ2n) is 4.39. The number of ether oxygens (including phenoxy) is 1. The van der Waals surface area contributed by atoms with E-state index in [9.17, 15) is 14.9 Å². The Morgan fingerprint density at radius 3 is 3.05 bits per heavy atom. The van der Waals surface area contributed by atoms with E-state index in [2.05, 4.69) is 9.72 Å². The van der Waals surface area contributed by atoms with Crippen LogP contribution in [0, 0.1) is 27.4 Å². The van der Waals surface area contributed by atoms with Gasteiger partial charge in [0.25, 0.3) is 0 Å². The van der Waals surface area contributed by atoms with Crippen molar-refractivity contribution in [2.24, 2.45) is 5.92 Å². The van der Waals surface area contributed by atoms with Gasteiger partial charge in [-0.15, -0.1) is 0 Å². The van der Waals surface area contributed by atoms with Gasteiger partial charge < -0.3 is 9.64 Å². The molecule has 0 N–H and O–H groups in total. The molecular weight excluding hydrogens is 264 g/mol. The number of aromatic nitrogens is 1. The van der Waals surface area contributed by atoms with E-state index in [1.54, 1.807) is 4.90 Å². The van der Waals surface area contributed by atoms with Crippen molar-refractivity contribution in [2.45, 2.75) is 6.42 Å². The molecule has 2 rings (SSSR count). The second kappa shape index (κ2) is 5.52. The highest BCUT2D eigenvalue weighted by atomic mass is 16.6. The van der Waals surface area contributed by atoms with Crippen LogP contribution in [0.15, 0.2) is 12.3 Å². The molecule has 8 heteroatoms. The molecule has 1 aliphatic heterocycles. The third-order valence-corrected chi connectivity index (χ3v) is 3.20. The average molecular weight is 276 g/mol. The molecule has 0 saturated carbocycles. The number of carbonyl (C=O) groups excluding carboxylic acids is 1. The number of carbonyl (C=O) groups is 1. The molecule has 0 aliphatic carbocycles. The van der Waals surface area contributed by atoms with E-state index in [4.69, 9.17) is 5.26 Å². The lowest BCUT2D eigenvalue weighted by Crippen LogP contribution is -2.25. The summed E-state index contributed by atoms with van der Waals surface area (Å²) < 4.78 is 4.67. The second-order valence-corrected chi connectivity index (χ2v) is 4.39. The minimum Gasteiger partial charge on any atom is -0.469 e. The maximum Gasteiger partial charge on any atom is 0.312 e. The van der Waals surface area contributed by atoms with Crippen molar-refractivity contribution >= 4 is 17.5 Å². The van der Waals surface area contributed by atoms with Crippen LogP contribution < -0.4 is 4.90 Å². The quantitative estimate of drug-likeness (QED) is 0.457. The molecule has 1 aliphatic rings. The third kappa shape index (κ3) is 2.51. The molecule has 2 heterocycles. The van der Waals surface area contributed by atoms with Crippen LogP contribution in [-0.4, -0.2) is 36.1 Å². The summed E-state index contributed by atoms with van der Waals surface area (Å²) in [5, 5.41) is 19.8. The van der Waals surface area contributed by atoms with E-state index in [1.807, 2.05) is 6.07 Å². The van der Waals surface area contributed by atoms with Gasteiger partial charge in [-0.05, 0) is 6.42 Å². The maximum atomic E-state index is 11.5. The Morgan fingerprint density at radius 2 is 2.45 bits per heavy atom. The number of nitrogens with zero attached hydrogens (tertiary/aromatic N) is 4. The van der Waals surface area contributed by atoms with Crippen LogP contribution in [0.1, 0.15) is 12.0 Å². The van der Waals surface area contributed by atoms with Gasteiger partial charge in [0.2, 0.25) is 5.82 Å². The molecule has 104 valence electrons. The van der Waals surface area contributed by atoms with Crippen LogP contribution >= 0.6 is 0 Å². The molecule has 0 bridgehead atoms. The zero-order chi connectivity index (χ0) is 14.7. The van der Waals surface area contributed by atoms with Gasteiger partial charge in [-0.1, -0.05) is 0 Å². The van der Waals surface area contributed by atoms with Gasteiger partial charge in [-0.3, -0.25) is 14.9 Å². The van der Waals surface area contributed by atoms with Gasteiger partial charge in [0, 0.05) is 25.4 Å². The summed E-state index contributed by atoms with van der Waals surface area (Å²) in [6.07, 6.45) is 1.85. The van der Waals surface area contributed by atoms with Gasteiger partial charge in [0.05, 0.1) is 23.5 Å². The van der Waals surface area contributed by atoms with E-state index in [-0.39, 0.29) is 29.0 Å². The van der Waals surface area contributed by atoms with Gasteiger partial charge in [0.15, 0.2) is 0 Å². The van der Waals surface area contributed by atoms with E-state index in [0.717, 1.165) is 0 Å². The summed E-state index contributed by atoms with van der Waals surface area (Å²) in [6.45, 7) is 0.811. The van der Waals surface area contributed by atoms with Crippen LogP contribution in [0.2, 0.25) is 0 Å². The van der Waals surface area contributed by atoms with Crippen molar-refractivity contribution in [3.05, 3.63) is 27.9 Å². The number of nitro groups is 1. The van der Waals surface area contributed by atoms with E-state index < -0.39 is 4.92 Å². The van der Waals surface area contributed by atoms with Crippen molar-refractivity contribution in [2.75, 3.05) is 25.1 Å². The number of rotatable bonds is 3. The minimum atomic E-state index is -0.575. The number of hydrogen-bond donors (Lipinski definition) is 0. The minimum absolute atomic E-state index is 0.129. The first kappa shape index (κ1) is 13.7. The summed E-state index contributed by atoms with van der Waals surface area (Å²) in [5.74, 6) is -0.457. The Balaban J connectivity index is 2.28. The van der Waals surface area contributed by atoms with Crippen LogP contribution in [-0.2, 0) is 9.53 Å². The van der Waals surface area contributed by atoms with Crippen molar-refractivity contribution in [3.8, 4) is 6.07 Å². The zero-order valence-corrected chi connectivity index (χ0v) is 10.8. The standard InChI is InChI=1S/C12H12N4O4/c1-20-12(17)9-2-3-15(7-9)11-10(16(18)19)4-8(5-13)6-14-11/h4,6,9H,2-3,7H2,1H3. The van der Waals surface area contributed by atoms with E-state index in [1.165, 1.54) is 19.4 Å². The summed E-state index contributed by atoms with van der Waals surface area (Å²) in [7, 11) is 1.31. The number of methoxy groups -OCH3 is 1. The third-order valence-electron chi connectivity index (χ3n) is 3.20. The first-order valence-corrected chi connectivity index (χ1v) is 5.94. The normalized spacial score (nSPS) is 17.6. The fraction of sp³-hybridized carbons (Fsp3) is 0.417. The SMILES string of the molecule is COC(=O)C1CCN(c2ncc(C#N)cc2[N+](=O)[O-])C1. The van der Waals surface area contributed by atoms with E-state index in [0.29, 0.717) is 19.5 Å². The molecule has 8 nitrogen and oxygen atoms in total. The maximum absolute atomic E-state index is 11.5. The number of esters is 1. The lowest BCUT2D eigenvalue weighted by molar-refractivity contribution is -0.384. The molecule has 0 amide bonds. The number of nitriles is 1. The topological polar surface area (TPSA) is 109 Å². The highest BCUT2D eigenvalue weighted by Gasteiger charge is 2.33. The summed E-state index contributed by atoms with van der Waals surface area (Å²) in [5.41, 5.74) is -0.0984. The van der Waals surface area contributed by atoms with Crippen molar-refractivity contribution < 1.29 is 14.5 Å². The molecule has 20 heavy (non-hydrogen) atoms. The molecule has 0 aromatic carbocycles. The fourth-order valence-corrected chi connectivity index (χ4v) is 2.20. The predicted octanol–water partition coefficient (Wildman–Crippen LogP) is 0.861. The molecule has 1 atom stereocenters. The van der Waals surface area contributed by atoms with Crippen LogP contribution in [0.5, 0.6) is 0 Å². The molecule has 1 aromatic rings. The Hall–Kier alpha value is -2.69. The van der Waals surface area contributed by atoms with Crippen molar-refractivity contribution in [1.29, 1.82) is 5.26 Å². The molecule has 0 spiro atoms. The summed E-state index contributed by atoms with van der Waals surface area (Å²) in [4.78, 5) is 27.6. The fourth-order valence-electron chi connectivity index (χ4n) is 2.20. The predicted molar refractivity (Wildman–Crippen MR) is 67.9 cm³/mol. The zero-order valence-electron chi connectivity index (χ0n) is 10.8.